The summed E-state index contributed by atoms with van der Waals surface area (Å²) in [6, 6.07) is 9.87. The normalized spacial score (nSPS) is 12.9. The molecule has 1 N–H and O–H groups in total. The number of rotatable bonds is 3. The molecule has 1 atom stereocenters. The van der Waals surface area contributed by atoms with Crippen molar-refractivity contribution in [2.45, 2.75) is 19.8 Å². The smallest absolute Gasteiger partial charge is 0.118 e. The quantitative estimate of drug-likeness (QED) is 0.647. The molecule has 0 aliphatic heterocycles. The Bertz CT molecular complexity index is 196. The van der Waals surface area contributed by atoms with Crippen LogP contribution in [-0.4, -0.2) is 6.23 Å². The lowest BCUT2D eigenvalue weighted by molar-refractivity contribution is 0.0526. The van der Waals surface area contributed by atoms with Gasteiger partial charge in [-0.1, -0.05) is 30.3 Å². The van der Waals surface area contributed by atoms with E-state index in [1.807, 2.05) is 30.3 Å². The van der Waals surface area contributed by atoms with Crippen LogP contribution >= 0.6 is 0 Å². The molecular formula is C9H12NO. The molecule has 1 unspecified atom stereocenters. The van der Waals surface area contributed by atoms with Gasteiger partial charge in [-0.15, -0.1) is 0 Å². The second-order valence-electron chi connectivity index (χ2n) is 2.44. The van der Waals surface area contributed by atoms with E-state index in [1.54, 1.807) is 6.92 Å². The van der Waals surface area contributed by atoms with Crippen LogP contribution in [0.5, 0.6) is 0 Å². The maximum Gasteiger partial charge on any atom is 0.118 e. The largest absolute Gasteiger partial charge is 0.358 e. The summed E-state index contributed by atoms with van der Waals surface area (Å²) < 4.78 is 5.09. The Morgan fingerprint density at radius 2 is 2.00 bits per heavy atom. The van der Waals surface area contributed by atoms with E-state index in [0.717, 1.165) is 5.56 Å². The fraction of sp³-hybridized carbons (Fsp3) is 0.333. The molecule has 0 aliphatic carbocycles. The average Bonchev–Trinajstić information content (AvgIpc) is 2.03. The summed E-state index contributed by atoms with van der Waals surface area (Å²) in [5, 5.41) is 0. The molecule has 0 fully saturated rings. The summed E-state index contributed by atoms with van der Waals surface area (Å²) in [5.41, 5.74) is 8.22. The lowest BCUT2D eigenvalue weighted by Gasteiger charge is -2.05. The van der Waals surface area contributed by atoms with Crippen molar-refractivity contribution in [3.63, 3.8) is 0 Å². The van der Waals surface area contributed by atoms with Crippen LogP contribution in [0.25, 0.3) is 0 Å². The van der Waals surface area contributed by atoms with E-state index < -0.39 is 6.23 Å². The highest BCUT2D eigenvalue weighted by Gasteiger charge is 1.94. The predicted molar refractivity (Wildman–Crippen MR) is 43.8 cm³/mol. The van der Waals surface area contributed by atoms with Crippen LogP contribution < -0.4 is 5.73 Å². The van der Waals surface area contributed by atoms with E-state index in [1.165, 1.54) is 0 Å². The van der Waals surface area contributed by atoms with Crippen molar-refractivity contribution in [2.75, 3.05) is 0 Å². The van der Waals surface area contributed by atoms with E-state index in [0.29, 0.717) is 6.61 Å². The first kappa shape index (κ1) is 8.24. The molecule has 0 heterocycles. The maximum atomic E-state index is 7.10. The molecule has 0 bridgehead atoms. The first-order valence-corrected chi connectivity index (χ1v) is 3.65. The molecular weight excluding hydrogens is 138 g/mol. The Kier molecular flexibility index (Phi) is 3.08. The fourth-order valence-electron chi connectivity index (χ4n) is 0.795. The Morgan fingerprint density at radius 3 is 2.55 bits per heavy atom. The highest BCUT2D eigenvalue weighted by Crippen LogP contribution is 2.01. The van der Waals surface area contributed by atoms with Gasteiger partial charge >= 0.3 is 0 Å². The van der Waals surface area contributed by atoms with Gasteiger partial charge in [-0.05, 0) is 12.5 Å². The van der Waals surface area contributed by atoms with E-state index >= 15 is 0 Å². The van der Waals surface area contributed by atoms with Crippen molar-refractivity contribution in [1.82, 2.24) is 5.73 Å². The van der Waals surface area contributed by atoms with E-state index in [2.05, 4.69) is 0 Å². The van der Waals surface area contributed by atoms with Crippen LogP contribution in [0.3, 0.4) is 0 Å². The van der Waals surface area contributed by atoms with Crippen molar-refractivity contribution < 1.29 is 4.74 Å². The third kappa shape index (κ3) is 3.16. The Labute approximate surface area is 67.0 Å². The van der Waals surface area contributed by atoms with Gasteiger partial charge in [0.1, 0.15) is 6.23 Å². The first-order chi connectivity index (χ1) is 5.29. The molecule has 1 radical (unpaired) electrons. The van der Waals surface area contributed by atoms with Gasteiger partial charge in [-0.25, -0.2) is 5.73 Å². The molecule has 0 aliphatic rings. The predicted octanol–water partition coefficient (Wildman–Crippen LogP) is 1.83. The van der Waals surface area contributed by atoms with Crippen molar-refractivity contribution in [1.29, 1.82) is 0 Å². The van der Waals surface area contributed by atoms with E-state index in [9.17, 15) is 0 Å². The molecule has 11 heavy (non-hydrogen) atoms. The van der Waals surface area contributed by atoms with Crippen LogP contribution in [-0.2, 0) is 11.3 Å². The molecule has 59 valence electrons. The second kappa shape index (κ2) is 4.11. The SMILES string of the molecule is CC([NH])OCc1ccccc1. The topological polar surface area (TPSA) is 33.0 Å². The number of hydrogen-bond acceptors (Lipinski definition) is 1. The van der Waals surface area contributed by atoms with Crippen molar-refractivity contribution in [3.8, 4) is 0 Å². The second-order valence-corrected chi connectivity index (χ2v) is 2.44. The molecule has 2 heteroatoms. The zero-order valence-corrected chi connectivity index (χ0v) is 6.58. The van der Waals surface area contributed by atoms with Gasteiger partial charge < -0.3 is 4.74 Å². The van der Waals surface area contributed by atoms with Crippen LogP contribution in [0.1, 0.15) is 12.5 Å². The molecule has 1 aromatic carbocycles. The summed E-state index contributed by atoms with van der Waals surface area (Å²) in [6.45, 7) is 2.24. The average molecular weight is 150 g/mol. The minimum absolute atomic E-state index is 0.435. The fourth-order valence-corrected chi connectivity index (χ4v) is 0.795. The number of hydrogen-bond donors (Lipinski definition) is 0. The third-order valence-electron chi connectivity index (χ3n) is 1.34. The third-order valence-corrected chi connectivity index (χ3v) is 1.34. The summed E-state index contributed by atoms with van der Waals surface area (Å²) in [7, 11) is 0. The highest BCUT2D eigenvalue weighted by molar-refractivity contribution is 5.13. The van der Waals surface area contributed by atoms with Gasteiger partial charge in [-0.2, -0.15) is 0 Å². The van der Waals surface area contributed by atoms with E-state index in [4.69, 9.17) is 10.5 Å². The summed E-state index contributed by atoms with van der Waals surface area (Å²) in [5.74, 6) is 0. The lowest BCUT2D eigenvalue weighted by atomic mass is 10.2. The van der Waals surface area contributed by atoms with Crippen molar-refractivity contribution in [2.24, 2.45) is 0 Å². The van der Waals surface area contributed by atoms with Crippen molar-refractivity contribution >= 4 is 0 Å². The zero-order valence-electron chi connectivity index (χ0n) is 6.58. The van der Waals surface area contributed by atoms with Gasteiger partial charge in [0.2, 0.25) is 0 Å². The molecule has 0 saturated heterocycles. The lowest BCUT2D eigenvalue weighted by Crippen LogP contribution is -2.07. The van der Waals surface area contributed by atoms with E-state index in [-0.39, 0.29) is 0 Å². The standard InChI is InChI=1S/C9H12NO/c1-8(10)11-7-9-5-3-2-4-6-9/h2-6,8,10H,7H2,1H3. The molecule has 0 amide bonds. The number of ether oxygens (including phenoxy) is 1. The maximum absolute atomic E-state index is 7.10. The van der Waals surface area contributed by atoms with Gasteiger partial charge in [0.05, 0.1) is 6.61 Å². The van der Waals surface area contributed by atoms with Gasteiger partial charge in [0.15, 0.2) is 0 Å². The molecule has 0 saturated carbocycles. The zero-order chi connectivity index (χ0) is 8.10. The van der Waals surface area contributed by atoms with Gasteiger partial charge in [0.25, 0.3) is 0 Å². The Balaban J connectivity index is 2.39. The summed E-state index contributed by atoms with van der Waals surface area (Å²) in [4.78, 5) is 0. The molecule has 0 aromatic heterocycles. The van der Waals surface area contributed by atoms with Crippen LogP contribution in [0.2, 0.25) is 0 Å². The molecule has 2 nitrogen and oxygen atoms in total. The molecule has 1 aromatic rings. The molecule has 0 spiro atoms. The molecule has 1 rings (SSSR count). The van der Waals surface area contributed by atoms with Crippen molar-refractivity contribution in [3.05, 3.63) is 35.9 Å². The Morgan fingerprint density at radius 1 is 1.36 bits per heavy atom. The van der Waals surface area contributed by atoms with Crippen LogP contribution in [0.15, 0.2) is 30.3 Å². The first-order valence-electron chi connectivity index (χ1n) is 3.65. The minimum Gasteiger partial charge on any atom is -0.358 e. The number of benzene rings is 1. The van der Waals surface area contributed by atoms with Gasteiger partial charge in [-0.3, -0.25) is 0 Å². The minimum atomic E-state index is -0.435. The summed E-state index contributed by atoms with van der Waals surface area (Å²) in [6.07, 6.45) is -0.435. The van der Waals surface area contributed by atoms with Crippen LogP contribution in [0, 0.1) is 0 Å². The monoisotopic (exact) mass is 150 g/mol. The highest BCUT2D eigenvalue weighted by atomic mass is 16.5. The van der Waals surface area contributed by atoms with Crippen LogP contribution in [0.4, 0.5) is 0 Å². The summed E-state index contributed by atoms with van der Waals surface area (Å²) >= 11 is 0. The number of nitrogens with one attached hydrogen (secondary N) is 1. The van der Waals surface area contributed by atoms with Gasteiger partial charge in [0, 0.05) is 0 Å². The Hall–Kier alpha value is -0.860.